The van der Waals surface area contributed by atoms with Crippen molar-refractivity contribution in [2.45, 2.75) is 26.9 Å². The van der Waals surface area contributed by atoms with Crippen LogP contribution in [-0.2, 0) is 4.79 Å². The number of benzene rings is 2. The standard InChI is InChI=1S/C25H22ClNO6/c1-4-30-17-9-7-16(8-10-17)27-25(29)15(3)32-24-22(28)18-13-19(26)14(2)12-21(18)33-23(24)20-6-5-11-31-20/h5-13,15H,4H2,1-3H3,(H,27,29). The molecule has 0 aliphatic rings. The van der Waals surface area contributed by atoms with E-state index in [0.29, 0.717) is 34.4 Å². The number of anilines is 1. The molecule has 33 heavy (non-hydrogen) atoms. The van der Waals surface area contributed by atoms with Gasteiger partial charge in [-0.15, -0.1) is 0 Å². The first kappa shape index (κ1) is 22.5. The van der Waals surface area contributed by atoms with Gasteiger partial charge in [-0.25, -0.2) is 0 Å². The lowest BCUT2D eigenvalue weighted by atomic mass is 10.1. The summed E-state index contributed by atoms with van der Waals surface area (Å²) in [5.74, 6) is 0.527. The van der Waals surface area contributed by atoms with Crippen molar-refractivity contribution in [3.63, 3.8) is 0 Å². The van der Waals surface area contributed by atoms with Crippen molar-refractivity contribution < 1.29 is 23.1 Å². The third-order valence-electron chi connectivity index (χ3n) is 4.97. The second kappa shape index (κ2) is 9.42. The van der Waals surface area contributed by atoms with Crippen LogP contribution in [0.25, 0.3) is 22.5 Å². The van der Waals surface area contributed by atoms with Crippen LogP contribution in [0.2, 0.25) is 5.02 Å². The number of hydrogen-bond acceptors (Lipinski definition) is 6. The van der Waals surface area contributed by atoms with Crippen LogP contribution in [0.1, 0.15) is 19.4 Å². The van der Waals surface area contributed by atoms with Crippen LogP contribution in [0.3, 0.4) is 0 Å². The summed E-state index contributed by atoms with van der Waals surface area (Å²) in [7, 11) is 0. The Kier molecular flexibility index (Phi) is 6.42. The Morgan fingerprint density at radius 3 is 2.61 bits per heavy atom. The van der Waals surface area contributed by atoms with E-state index in [4.69, 9.17) is 29.9 Å². The zero-order chi connectivity index (χ0) is 23.5. The molecule has 7 nitrogen and oxygen atoms in total. The highest BCUT2D eigenvalue weighted by Crippen LogP contribution is 2.33. The van der Waals surface area contributed by atoms with E-state index >= 15 is 0 Å². The smallest absolute Gasteiger partial charge is 0.265 e. The number of nitrogens with one attached hydrogen (secondary N) is 1. The molecule has 2 heterocycles. The molecular formula is C25H22ClNO6. The van der Waals surface area contributed by atoms with E-state index < -0.39 is 17.4 Å². The van der Waals surface area contributed by atoms with E-state index in [1.807, 2.05) is 13.8 Å². The quantitative estimate of drug-likeness (QED) is 0.368. The monoisotopic (exact) mass is 467 g/mol. The lowest BCUT2D eigenvalue weighted by Crippen LogP contribution is -2.31. The summed E-state index contributed by atoms with van der Waals surface area (Å²) >= 11 is 6.22. The Labute approximate surface area is 194 Å². The fourth-order valence-corrected chi connectivity index (χ4v) is 3.41. The largest absolute Gasteiger partial charge is 0.494 e. The second-order valence-electron chi connectivity index (χ2n) is 7.37. The van der Waals surface area contributed by atoms with Gasteiger partial charge < -0.3 is 23.6 Å². The SMILES string of the molecule is CCOc1ccc(NC(=O)C(C)Oc2c(-c3ccco3)oc3cc(C)c(Cl)cc3c2=O)cc1. The third-order valence-corrected chi connectivity index (χ3v) is 5.38. The lowest BCUT2D eigenvalue weighted by molar-refractivity contribution is -0.122. The van der Waals surface area contributed by atoms with E-state index in [1.165, 1.54) is 12.3 Å². The molecule has 1 unspecified atom stereocenters. The summed E-state index contributed by atoms with van der Waals surface area (Å²) in [4.78, 5) is 26.0. The number of amides is 1. The van der Waals surface area contributed by atoms with Gasteiger partial charge in [0.1, 0.15) is 11.3 Å². The normalized spacial score (nSPS) is 11.9. The number of carbonyl (C=O) groups excluding carboxylic acids is 1. The van der Waals surface area contributed by atoms with Crippen LogP contribution in [0, 0.1) is 6.92 Å². The van der Waals surface area contributed by atoms with Crippen molar-refractivity contribution in [2.24, 2.45) is 0 Å². The molecule has 0 aliphatic carbocycles. The van der Waals surface area contributed by atoms with Crippen molar-refractivity contribution in [1.82, 2.24) is 0 Å². The van der Waals surface area contributed by atoms with Crippen LogP contribution in [0.15, 0.2) is 68.4 Å². The van der Waals surface area contributed by atoms with E-state index in [0.717, 1.165) is 5.56 Å². The van der Waals surface area contributed by atoms with E-state index in [1.54, 1.807) is 49.4 Å². The summed E-state index contributed by atoms with van der Waals surface area (Å²) in [6.45, 7) is 5.80. The minimum Gasteiger partial charge on any atom is -0.494 e. The lowest BCUT2D eigenvalue weighted by Gasteiger charge is -2.16. The molecule has 1 N–H and O–H groups in total. The first-order chi connectivity index (χ1) is 15.9. The number of furan rings is 1. The van der Waals surface area contributed by atoms with Gasteiger partial charge >= 0.3 is 0 Å². The number of fused-ring (bicyclic) bond motifs is 1. The number of aryl methyl sites for hydroxylation is 1. The molecule has 0 radical (unpaired) electrons. The Morgan fingerprint density at radius 2 is 1.94 bits per heavy atom. The highest BCUT2D eigenvalue weighted by atomic mass is 35.5. The van der Waals surface area contributed by atoms with Gasteiger partial charge in [-0.2, -0.15) is 0 Å². The summed E-state index contributed by atoms with van der Waals surface area (Å²) in [6.07, 6.45) is 0.449. The maximum atomic E-state index is 13.3. The molecule has 1 atom stereocenters. The Bertz CT molecular complexity index is 1340. The van der Waals surface area contributed by atoms with E-state index in [2.05, 4.69) is 5.32 Å². The molecule has 0 bridgehead atoms. The molecule has 0 fully saturated rings. The topological polar surface area (TPSA) is 90.9 Å². The van der Waals surface area contributed by atoms with Crippen molar-refractivity contribution in [1.29, 1.82) is 0 Å². The fourth-order valence-electron chi connectivity index (χ4n) is 3.25. The molecule has 8 heteroatoms. The van der Waals surface area contributed by atoms with E-state index in [9.17, 15) is 9.59 Å². The molecule has 4 aromatic rings. The highest BCUT2D eigenvalue weighted by molar-refractivity contribution is 6.32. The summed E-state index contributed by atoms with van der Waals surface area (Å²) in [5, 5.41) is 3.43. The molecular weight excluding hydrogens is 446 g/mol. The van der Waals surface area contributed by atoms with Gasteiger partial charge in [0.05, 0.1) is 18.3 Å². The van der Waals surface area contributed by atoms with Crippen LogP contribution in [-0.4, -0.2) is 18.6 Å². The summed E-state index contributed by atoms with van der Waals surface area (Å²) < 4.78 is 22.6. The first-order valence-corrected chi connectivity index (χ1v) is 10.8. The number of carbonyl (C=O) groups is 1. The maximum absolute atomic E-state index is 13.3. The first-order valence-electron chi connectivity index (χ1n) is 10.4. The molecule has 2 aromatic carbocycles. The molecule has 0 saturated carbocycles. The van der Waals surface area contributed by atoms with Crippen molar-refractivity contribution in [3.8, 4) is 23.0 Å². The number of hydrogen-bond donors (Lipinski definition) is 1. The van der Waals surface area contributed by atoms with Gasteiger partial charge in [-0.05, 0) is 74.9 Å². The number of halogens is 1. The van der Waals surface area contributed by atoms with Crippen LogP contribution >= 0.6 is 11.6 Å². The minimum atomic E-state index is -1.01. The molecule has 0 saturated heterocycles. The zero-order valence-corrected chi connectivity index (χ0v) is 19.1. The minimum absolute atomic E-state index is 0.0972. The number of ether oxygens (including phenoxy) is 2. The van der Waals surface area contributed by atoms with E-state index in [-0.39, 0.29) is 16.9 Å². The van der Waals surface area contributed by atoms with Crippen LogP contribution < -0.4 is 20.2 Å². The summed E-state index contributed by atoms with van der Waals surface area (Å²) in [6, 6.07) is 13.5. The van der Waals surface area contributed by atoms with Gasteiger partial charge in [0.25, 0.3) is 5.91 Å². The predicted molar refractivity (Wildman–Crippen MR) is 126 cm³/mol. The van der Waals surface area contributed by atoms with Gasteiger partial charge in [0, 0.05) is 10.7 Å². The van der Waals surface area contributed by atoms with Crippen molar-refractivity contribution in [2.75, 3.05) is 11.9 Å². The Morgan fingerprint density at radius 1 is 1.18 bits per heavy atom. The average molecular weight is 468 g/mol. The average Bonchev–Trinajstić information content (AvgIpc) is 3.33. The second-order valence-corrected chi connectivity index (χ2v) is 7.78. The molecule has 2 aromatic heterocycles. The van der Waals surface area contributed by atoms with Gasteiger partial charge in [0.2, 0.25) is 16.9 Å². The van der Waals surface area contributed by atoms with Crippen LogP contribution in [0.4, 0.5) is 5.69 Å². The highest BCUT2D eigenvalue weighted by Gasteiger charge is 2.25. The molecule has 0 aliphatic heterocycles. The molecule has 1 amide bonds. The van der Waals surface area contributed by atoms with Crippen molar-refractivity contribution in [3.05, 3.63) is 75.6 Å². The molecule has 0 spiro atoms. The molecule has 4 rings (SSSR count). The van der Waals surface area contributed by atoms with Crippen molar-refractivity contribution >= 4 is 34.2 Å². The number of rotatable bonds is 7. The molecule has 170 valence electrons. The summed E-state index contributed by atoms with van der Waals surface area (Å²) in [5.41, 5.74) is 1.21. The van der Waals surface area contributed by atoms with Gasteiger partial charge in [0.15, 0.2) is 11.9 Å². The third kappa shape index (κ3) is 4.73. The predicted octanol–water partition coefficient (Wildman–Crippen LogP) is 5.82. The maximum Gasteiger partial charge on any atom is 0.265 e. The van der Waals surface area contributed by atoms with Gasteiger partial charge in [-0.3, -0.25) is 9.59 Å². The van der Waals surface area contributed by atoms with Crippen LogP contribution in [0.5, 0.6) is 11.5 Å². The fraction of sp³-hybridized carbons (Fsp3) is 0.200. The Balaban J connectivity index is 1.66. The Hall–Kier alpha value is -3.71. The zero-order valence-electron chi connectivity index (χ0n) is 18.3. The van der Waals surface area contributed by atoms with Gasteiger partial charge in [-0.1, -0.05) is 11.6 Å².